The SMILES string of the molecule is c1ccc(-c2ccc(-c3cc(-c4ccc(-c5nc6c7ccccc7ccc6c6c5oc5ccccc56)cc4)nc(-c4ccccc4)n3)cc2)cc1. The number of pyridine rings is 1. The highest BCUT2D eigenvalue weighted by atomic mass is 16.3. The first kappa shape index (κ1) is 29.0. The number of aromatic nitrogens is 3. The lowest BCUT2D eigenvalue weighted by Gasteiger charge is -2.11. The molecule has 238 valence electrons. The maximum absolute atomic E-state index is 6.56. The summed E-state index contributed by atoms with van der Waals surface area (Å²) in [5.41, 5.74) is 11.5. The summed E-state index contributed by atoms with van der Waals surface area (Å²) in [6, 6.07) is 60.8. The van der Waals surface area contributed by atoms with Crippen molar-refractivity contribution in [3.63, 3.8) is 0 Å². The predicted octanol–water partition coefficient (Wildman–Crippen LogP) is 12.4. The molecule has 0 aliphatic carbocycles. The Morgan fingerprint density at radius 2 is 0.922 bits per heavy atom. The normalized spacial score (nSPS) is 11.5. The maximum Gasteiger partial charge on any atom is 0.162 e. The number of hydrogen-bond acceptors (Lipinski definition) is 4. The standard InChI is InChI=1S/C47H29N3O/c1-3-11-30(12-4-1)31-19-21-33(22-20-31)40-29-41(49-47(48-40)36-14-5-2-6-15-36)34-23-25-35(26-24-34)44-46-43(38-17-9-10-18-42(38)51-46)39-28-27-32-13-7-8-16-37(32)45(39)50-44/h1-29H. The summed E-state index contributed by atoms with van der Waals surface area (Å²) >= 11 is 0. The average molecular weight is 652 g/mol. The fourth-order valence-corrected chi connectivity index (χ4v) is 7.14. The van der Waals surface area contributed by atoms with Crippen LogP contribution in [0, 0.1) is 0 Å². The highest BCUT2D eigenvalue weighted by molar-refractivity contribution is 6.24. The first-order chi connectivity index (χ1) is 25.3. The molecule has 0 unspecified atom stereocenters. The minimum Gasteiger partial charge on any atom is -0.454 e. The van der Waals surface area contributed by atoms with E-state index in [0.29, 0.717) is 5.82 Å². The third kappa shape index (κ3) is 5.04. The van der Waals surface area contributed by atoms with E-state index in [9.17, 15) is 0 Å². The van der Waals surface area contributed by atoms with Gasteiger partial charge in [-0.25, -0.2) is 15.0 Å². The molecule has 4 nitrogen and oxygen atoms in total. The largest absolute Gasteiger partial charge is 0.454 e. The van der Waals surface area contributed by atoms with E-state index >= 15 is 0 Å². The summed E-state index contributed by atoms with van der Waals surface area (Å²) in [7, 11) is 0. The van der Waals surface area contributed by atoms with Gasteiger partial charge in [0.05, 0.1) is 16.9 Å². The number of rotatable bonds is 5. The molecule has 0 aliphatic rings. The fraction of sp³-hybridized carbons (Fsp3) is 0. The second-order valence-corrected chi connectivity index (χ2v) is 12.8. The third-order valence-corrected chi connectivity index (χ3v) is 9.70. The Bertz CT molecular complexity index is 2880. The van der Waals surface area contributed by atoms with Gasteiger partial charge in [0.1, 0.15) is 11.3 Å². The zero-order chi connectivity index (χ0) is 33.7. The molecule has 0 atom stereocenters. The molecule has 4 heteroatoms. The lowest BCUT2D eigenvalue weighted by Crippen LogP contribution is -1.96. The number of hydrogen-bond donors (Lipinski definition) is 0. The van der Waals surface area contributed by atoms with E-state index in [2.05, 4.69) is 140 Å². The van der Waals surface area contributed by atoms with Crippen LogP contribution in [0.2, 0.25) is 0 Å². The molecule has 3 heterocycles. The van der Waals surface area contributed by atoms with E-state index in [1.165, 1.54) is 11.1 Å². The molecule has 7 aromatic carbocycles. The van der Waals surface area contributed by atoms with Gasteiger partial charge >= 0.3 is 0 Å². The van der Waals surface area contributed by atoms with Crippen LogP contribution in [-0.2, 0) is 0 Å². The van der Waals surface area contributed by atoms with Gasteiger partial charge in [-0.3, -0.25) is 0 Å². The maximum atomic E-state index is 6.56. The highest BCUT2D eigenvalue weighted by Gasteiger charge is 2.19. The van der Waals surface area contributed by atoms with Gasteiger partial charge in [-0.05, 0) is 28.6 Å². The molecule has 0 bridgehead atoms. The van der Waals surface area contributed by atoms with E-state index in [0.717, 1.165) is 82.9 Å². The lowest BCUT2D eigenvalue weighted by atomic mass is 9.98. The van der Waals surface area contributed by atoms with Crippen molar-refractivity contribution in [3.8, 4) is 56.3 Å². The van der Waals surface area contributed by atoms with Gasteiger partial charge in [0.25, 0.3) is 0 Å². The average Bonchev–Trinajstić information content (AvgIpc) is 3.61. The third-order valence-electron chi connectivity index (χ3n) is 9.70. The lowest BCUT2D eigenvalue weighted by molar-refractivity contribution is 0.669. The van der Waals surface area contributed by atoms with E-state index in [1.54, 1.807) is 0 Å². The number of fused-ring (bicyclic) bond motifs is 7. The first-order valence-corrected chi connectivity index (χ1v) is 17.1. The van der Waals surface area contributed by atoms with Gasteiger partial charge in [-0.2, -0.15) is 0 Å². The van der Waals surface area contributed by atoms with Crippen molar-refractivity contribution in [2.45, 2.75) is 0 Å². The summed E-state index contributed by atoms with van der Waals surface area (Å²) in [4.78, 5) is 15.4. The quantitative estimate of drug-likeness (QED) is 0.174. The molecule has 0 spiro atoms. The number of furan rings is 1. The Labute approximate surface area is 294 Å². The van der Waals surface area contributed by atoms with Crippen LogP contribution in [-0.4, -0.2) is 15.0 Å². The minimum absolute atomic E-state index is 0.686. The number of nitrogens with zero attached hydrogens (tertiary/aromatic N) is 3. The zero-order valence-electron chi connectivity index (χ0n) is 27.5. The van der Waals surface area contributed by atoms with E-state index in [4.69, 9.17) is 19.4 Å². The van der Waals surface area contributed by atoms with E-state index in [1.807, 2.05) is 36.4 Å². The van der Waals surface area contributed by atoms with Crippen LogP contribution in [0.3, 0.4) is 0 Å². The smallest absolute Gasteiger partial charge is 0.162 e. The van der Waals surface area contributed by atoms with E-state index in [-0.39, 0.29) is 0 Å². The Morgan fingerprint density at radius 3 is 1.63 bits per heavy atom. The summed E-state index contributed by atoms with van der Waals surface area (Å²) in [5, 5.41) is 5.56. The van der Waals surface area contributed by atoms with Crippen LogP contribution in [0.15, 0.2) is 180 Å². The van der Waals surface area contributed by atoms with E-state index < -0.39 is 0 Å². The van der Waals surface area contributed by atoms with Crippen LogP contribution in [0.5, 0.6) is 0 Å². The molecule has 0 aliphatic heterocycles. The Morgan fingerprint density at radius 1 is 0.373 bits per heavy atom. The topological polar surface area (TPSA) is 51.8 Å². The molecule has 0 N–H and O–H groups in total. The molecule has 0 radical (unpaired) electrons. The predicted molar refractivity (Wildman–Crippen MR) is 209 cm³/mol. The van der Waals surface area contributed by atoms with Crippen LogP contribution >= 0.6 is 0 Å². The second kappa shape index (κ2) is 11.9. The zero-order valence-corrected chi connectivity index (χ0v) is 27.5. The van der Waals surface area contributed by atoms with Crippen molar-refractivity contribution in [1.82, 2.24) is 15.0 Å². The molecule has 0 saturated carbocycles. The molecule has 3 aromatic heterocycles. The van der Waals surface area contributed by atoms with Gasteiger partial charge < -0.3 is 4.42 Å². The molecule has 10 aromatic rings. The molecule has 51 heavy (non-hydrogen) atoms. The van der Waals surface area contributed by atoms with Crippen LogP contribution in [0.4, 0.5) is 0 Å². The molecule has 0 amide bonds. The highest BCUT2D eigenvalue weighted by Crippen LogP contribution is 2.41. The fourth-order valence-electron chi connectivity index (χ4n) is 7.14. The van der Waals surface area contributed by atoms with Crippen molar-refractivity contribution in [1.29, 1.82) is 0 Å². The van der Waals surface area contributed by atoms with Gasteiger partial charge in [0, 0.05) is 43.8 Å². The van der Waals surface area contributed by atoms with Gasteiger partial charge in [-0.15, -0.1) is 0 Å². The molecular formula is C47H29N3O. The second-order valence-electron chi connectivity index (χ2n) is 12.8. The summed E-state index contributed by atoms with van der Waals surface area (Å²) in [5.74, 6) is 0.686. The summed E-state index contributed by atoms with van der Waals surface area (Å²) in [6.45, 7) is 0. The monoisotopic (exact) mass is 651 g/mol. The summed E-state index contributed by atoms with van der Waals surface area (Å²) < 4.78 is 6.56. The van der Waals surface area contributed by atoms with Crippen molar-refractivity contribution in [3.05, 3.63) is 176 Å². The molecule has 0 saturated heterocycles. The molecule has 0 fully saturated rings. The van der Waals surface area contributed by atoms with Crippen molar-refractivity contribution < 1.29 is 4.42 Å². The Balaban J connectivity index is 1.11. The Kier molecular flexibility index (Phi) is 6.78. The minimum atomic E-state index is 0.686. The van der Waals surface area contributed by atoms with Gasteiger partial charge in [0.15, 0.2) is 11.4 Å². The first-order valence-electron chi connectivity index (χ1n) is 17.1. The van der Waals surface area contributed by atoms with Crippen molar-refractivity contribution in [2.75, 3.05) is 0 Å². The molecule has 10 rings (SSSR count). The van der Waals surface area contributed by atoms with Crippen LogP contribution in [0.25, 0.3) is 99.9 Å². The van der Waals surface area contributed by atoms with Crippen LogP contribution < -0.4 is 0 Å². The van der Waals surface area contributed by atoms with Crippen molar-refractivity contribution in [2.24, 2.45) is 0 Å². The Hall–Kier alpha value is -6.91. The van der Waals surface area contributed by atoms with Gasteiger partial charge in [0.2, 0.25) is 0 Å². The number of benzene rings is 7. The van der Waals surface area contributed by atoms with Gasteiger partial charge in [-0.1, -0.05) is 164 Å². The van der Waals surface area contributed by atoms with Crippen molar-refractivity contribution >= 4 is 43.6 Å². The summed E-state index contributed by atoms with van der Waals surface area (Å²) in [6.07, 6.45) is 0. The number of para-hydroxylation sites is 1. The van der Waals surface area contributed by atoms with Crippen LogP contribution in [0.1, 0.15) is 0 Å². The molecular weight excluding hydrogens is 623 g/mol.